The van der Waals surface area contributed by atoms with Crippen molar-refractivity contribution in [2.75, 3.05) is 46.0 Å². The number of carbonyl (C=O) groups excluding carboxylic acids is 1. The van der Waals surface area contributed by atoms with Gasteiger partial charge in [-0.05, 0) is 61.2 Å². The zero-order chi connectivity index (χ0) is 23.9. The number of benzene rings is 1. The highest BCUT2D eigenvalue weighted by Gasteiger charge is 2.34. The zero-order valence-corrected chi connectivity index (χ0v) is 20.6. The van der Waals surface area contributed by atoms with Crippen LogP contribution in [-0.4, -0.2) is 72.9 Å². The first-order chi connectivity index (χ1) is 16.5. The SMILES string of the molecule is C#CCOCC(O)CN(CC(=O)N1CCc2sccc2C1COc1ccc(C)cc1)CC1CC1. The van der Waals surface area contributed by atoms with Crippen LogP contribution in [-0.2, 0) is 16.0 Å². The molecule has 2 atom stereocenters. The van der Waals surface area contributed by atoms with Crippen LogP contribution in [0.1, 0.15) is 34.9 Å². The normalized spacial score (nSPS) is 18.4. The van der Waals surface area contributed by atoms with E-state index in [1.165, 1.54) is 28.8 Å². The van der Waals surface area contributed by atoms with Crippen LogP contribution in [0.25, 0.3) is 0 Å². The standard InChI is InChI=1S/C27H34N2O4S/c1-3-13-32-18-22(30)16-28(15-21-6-7-21)17-27(31)29-12-10-26-24(11-14-34-26)25(29)19-33-23-8-4-20(2)5-9-23/h1,4-5,8-9,11,14,21-22,25,30H,6-7,10,12-13,15-19H2,2H3. The van der Waals surface area contributed by atoms with Gasteiger partial charge in [0.25, 0.3) is 0 Å². The molecule has 0 saturated heterocycles. The van der Waals surface area contributed by atoms with Gasteiger partial charge in [-0.1, -0.05) is 23.6 Å². The van der Waals surface area contributed by atoms with Crippen molar-refractivity contribution >= 4 is 17.2 Å². The monoisotopic (exact) mass is 482 g/mol. The van der Waals surface area contributed by atoms with Crippen molar-refractivity contribution in [2.45, 2.75) is 38.3 Å². The quantitative estimate of drug-likeness (QED) is 0.372. The lowest BCUT2D eigenvalue weighted by Crippen LogP contribution is -2.48. The van der Waals surface area contributed by atoms with E-state index in [0.717, 1.165) is 18.7 Å². The molecule has 1 aromatic carbocycles. The summed E-state index contributed by atoms with van der Waals surface area (Å²) in [6.07, 6.45) is 7.78. The molecule has 1 aliphatic heterocycles. The van der Waals surface area contributed by atoms with Crippen LogP contribution < -0.4 is 4.74 Å². The molecule has 7 heteroatoms. The molecule has 182 valence electrons. The number of aliphatic hydroxyl groups excluding tert-OH is 1. The van der Waals surface area contributed by atoms with Crippen molar-refractivity contribution in [1.82, 2.24) is 9.80 Å². The molecule has 2 aliphatic rings. The fourth-order valence-corrected chi connectivity index (χ4v) is 5.37. The Kier molecular flexibility index (Phi) is 8.63. The fraction of sp³-hybridized carbons (Fsp3) is 0.519. The molecule has 0 bridgehead atoms. The number of fused-ring (bicyclic) bond motifs is 1. The van der Waals surface area contributed by atoms with Crippen LogP contribution in [0.5, 0.6) is 5.75 Å². The van der Waals surface area contributed by atoms with Gasteiger partial charge in [-0.3, -0.25) is 9.69 Å². The van der Waals surface area contributed by atoms with Crippen LogP contribution in [0.4, 0.5) is 0 Å². The number of hydrogen-bond acceptors (Lipinski definition) is 6. The molecule has 0 radical (unpaired) electrons. The topological polar surface area (TPSA) is 62.2 Å². The Labute approximate surface area is 206 Å². The van der Waals surface area contributed by atoms with Gasteiger partial charge in [-0.25, -0.2) is 0 Å². The number of carbonyl (C=O) groups is 1. The number of aliphatic hydroxyl groups is 1. The summed E-state index contributed by atoms with van der Waals surface area (Å²) in [5, 5.41) is 12.5. The van der Waals surface area contributed by atoms with Crippen molar-refractivity contribution in [2.24, 2.45) is 5.92 Å². The Hall–Kier alpha value is -2.37. The van der Waals surface area contributed by atoms with Gasteiger partial charge in [0.05, 0.1) is 25.3 Å². The van der Waals surface area contributed by atoms with Gasteiger partial charge in [0.2, 0.25) is 5.91 Å². The van der Waals surface area contributed by atoms with E-state index >= 15 is 0 Å². The van der Waals surface area contributed by atoms with Gasteiger partial charge in [0, 0.05) is 24.5 Å². The smallest absolute Gasteiger partial charge is 0.237 e. The summed E-state index contributed by atoms with van der Waals surface area (Å²) in [4.78, 5) is 18.9. The first-order valence-electron chi connectivity index (χ1n) is 12.0. The van der Waals surface area contributed by atoms with Gasteiger partial charge in [0.1, 0.15) is 19.0 Å². The van der Waals surface area contributed by atoms with E-state index in [-0.39, 0.29) is 31.7 Å². The van der Waals surface area contributed by atoms with E-state index in [0.29, 0.717) is 25.6 Å². The molecule has 2 aromatic rings. The summed E-state index contributed by atoms with van der Waals surface area (Å²) in [6.45, 7) is 5.00. The van der Waals surface area contributed by atoms with Crippen LogP contribution >= 0.6 is 11.3 Å². The van der Waals surface area contributed by atoms with Crippen molar-refractivity contribution in [3.8, 4) is 18.1 Å². The van der Waals surface area contributed by atoms with E-state index in [9.17, 15) is 9.90 Å². The summed E-state index contributed by atoms with van der Waals surface area (Å²) in [5.41, 5.74) is 2.37. The summed E-state index contributed by atoms with van der Waals surface area (Å²) >= 11 is 1.75. The molecule has 4 rings (SSSR count). The van der Waals surface area contributed by atoms with Crippen molar-refractivity contribution in [1.29, 1.82) is 0 Å². The molecule has 0 spiro atoms. The molecule has 2 heterocycles. The second kappa shape index (κ2) is 11.9. The fourth-order valence-electron chi connectivity index (χ4n) is 4.44. The molecule has 1 N–H and O–H groups in total. The molecule has 1 aliphatic carbocycles. The largest absolute Gasteiger partial charge is 0.491 e. The number of amides is 1. The third-order valence-corrected chi connectivity index (χ3v) is 7.38. The molecule has 34 heavy (non-hydrogen) atoms. The number of rotatable bonds is 12. The zero-order valence-electron chi connectivity index (χ0n) is 19.8. The van der Waals surface area contributed by atoms with Gasteiger partial charge in [0.15, 0.2) is 0 Å². The summed E-state index contributed by atoms with van der Waals surface area (Å²) in [5.74, 6) is 3.91. The minimum atomic E-state index is -0.676. The highest BCUT2D eigenvalue weighted by molar-refractivity contribution is 7.10. The van der Waals surface area contributed by atoms with Gasteiger partial charge in [-0.15, -0.1) is 17.8 Å². The predicted octanol–water partition coefficient (Wildman–Crippen LogP) is 3.28. The molecular formula is C27H34N2O4S. The molecular weight excluding hydrogens is 448 g/mol. The number of aryl methyl sites for hydroxylation is 1. The first-order valence-corrected chi connectivity index (χ1v) is 12.9. The molecule has 1 amide bonds. The first kappa shape index (κ1) is 24.7. The summed E-state index contributed by atoms with van der Waals surface area (Å²) in [7, 11) is 0. The maximum atomic E-state index is 13.5. The Bertz CT molecular complexity index is 979. The average Bonchev–Trinajstić information content (AvgIpc) is 3.50. The van der Waals surface area contributed by atoms with E-state index < -0.39 is 6.10 Å². The third-order valence-electron chi connectivity index (χ3n) is 6.38. The van der Waals surface area contributed by atoms with Crippen molar-refractivity contribution in [3.63, 3.8) is 0 Å². The van der Waals surface area contributed by atoms with Crippen LogP contribution in [0.15, 0.2) is 35.7 Å². The molecule has 1 fully saturated rings. The van der Waals surface area contributed by atoms with Gasteiger partial charge >= 0.3 is 0 Å². The molecule has 1 saturated carbocycles. The minimum Gasteiger partial charge on any atom is -0.491 e. The number of hydrogen-bond donors (Lipinski definition) is 1. The highest BCUT2D eigenvalue weighted by Crippen LogP contribution is 2.34. The molecule has 6 nitrogen and oxygen atoms in total. The second-order valence-electron chi connectivity index (χ2n) is 9.29. The second-order valence-corrected chi connectivity index (χ2v) is 10.3. The van der Waals surface area contributed by atoms with Crippen molar-refractivity contribution < 1.29 is 19.4 Å². The number of terminal acetylenes is 1. The number of ether oxygens (including phenoxy) is 2. The molecule has 1 aromatic heterocycles. The van der Waals surface area contributed by atoms with Crippen LogP contribution in [0.3, 0.4) is 0 Å². The molecule has 2 unspecified atom stereocenters. The Morgan fingerprint density at radius 2 is 2.12 bits per heavy atom. The average molecular weight is 483 g/mol. The number of nitrogens with zero attached hydrogens (tertiary/aromatic N) is 2. The predicted molar refractivity (Wildman–Crippen MR) is 134 cm³/mol. The van der Waals surface area contributed by atoms with E-state index in [1.54, 1.807) is 11.3 Å². The van der Waals surface area contributed by atoms with E-state index in [1.807, 2.05) is 29.2 Å². The Balaban J connectivity index is 1.42. The Morgan fingerprint density at radius 1 is 1.32 bits per heavy atom. The van der Waals surface area contributed by atoms with E-state index in [2.05, 4.69) is 29.2 Å². The maximum absolute atomic E-state index is 13.5. The van der Waals surface area contributed by atoms with Gasteiger partial charge in [-0.2, -0.15) is 0 Å². The van der Waals surface area contributed by atoms with Crippen LogP contribution in [0.2, 0.25) is 0 Å². The van der Waals surface area contributed by atoms with Crippen LogP contribution in [0, 0.1) is 25.2 Å². The lowest BCUT2D eigenvalue weighted by atomic mass is 10.0. The summed E-state index contributed by atoms with van der Waals surface area (Å²) < 4.78 is 11.4. The maximum Gasteiger partial charge on any atom is 0.237 e. The lowest BCUT2D eigenvalue weighted by molar-refractivity contribution is -0.136. The highest BCUT2D eigenvalue weighted by atomic mass is 32.1. The number of thiophene rings is 1. The van der Waals surface area contributed by atoms with Crippen molar-refractivity contribution in [3.05, 3.63) is 51.7 Å². The van der Waals surface area contributed by atoms with E-state index in [4.69, 9.17) is 15.9 Å². The lowest BCUT2D eigenvalue weighted by Gasteiger charge is -2.37. The summed E-state index contributed by atoms with van der Waals surface area (Å²) in [6, 6.07) is 10.0. The Morgan fingerprint density at radius 3 is 2.85 bits per heavy atom. The van der Waals surface area contributed by atoms with Gasteiger partial charge < -0.3 is 19.5 Å². The minimum absolute atomic E-state index is 0.0757. The third kappa shape index (κ3) is 6.83.